The summed E-state index contributed by atoms with van der Waals surface area (Å²) >= 11 is 0. The van der Waals surface area contributed by atoms with E-state index in [1.54, 1.807) is 0 Å². The summed E-state index contributed by atoms with van der Waals surface area (Å²) in [5.41, 5.74) is -4.93. The second kappa shape index (κ2) is 8.12. The summed E-state index contributed by atoms with van der Waals surface area (Å²) in [6, 6.07) is 8.71. The monoisotopic (exact) mass is 485 g/mol. The van der Waals surface area contributed by atoms with Gasteiger partial charge in [0, 0.05) is 29.9 Å². The highest BCUT2D eigenvalue weighted by Crippen LogP contribution is 2.37. The summed E-state index contributed by atoms with van der Waals surface area (Å²) < 4.78 is 79.9. The maximum absolute atomic E-state index is 13.2. The molecule has 0 aliphatic carbocycles. The molecular weight excluding hydrogens is 468 g/mol. The Labute approximate surface area is 188 Å². The Morgan fingerprint density at radius 1 is 1.06 bits per heavy atom. The van der Waals surface area contributed by atoms with Gasteiger partial charge in [0.1, 0.15) is 5.65 Å². The van der Waals surface area contributed by atoms with Gasteiger partial charge in [-0.25, -0.2) is 4.98 Å². The molecule has 0 saturated carbocycles. The van der Waals surface area contributed by atoms with E-state index in [0.717, 1.165) is 9.30 Å². The summed E-state index contributed by atoms with van der Waals surface area (Å²) in [7, 11) is 0. The Kier molecular flexibility index (Phi) is 5.67. The number of pyridine rings is 1. The third kappa shape index (κ3) is 4.25. The van der Waals surface area contributed by atoms with Crippen molar-refractivity contribution in [2.45, 2.75) is 30.8 Å². The van der Waals surface area contributed by atoms with Crippen molar-refractivity contribution >= 4 is 11.6 Å². The summed E-state index contributed by atoms with van der Waals surface area (Å²) in [5.74, 6) is -0.722. The van der Waals surface area contributed by atoms with Gasteiger partial charge >= 0.3 is 12.4 Å². The van der Waals surface area contributed by atoms with Gasteiger partial charge in [-0.15, -0.1) is 0 Å². The van der Waals surface area contributed by atoms with Gasteiger partial charge in [-0.3, -0.25) is 14.0 Å². The van der Waals surface area contributed by atoms with E-state index >= 15 is 0 Å². The fourth-order valence-electron chi connectivity index (χ4n) is 3.91. The summed E-state index contributed by atoms with van der Waals surface area (Å²) in [6.45, 7) is -0.858. The van der Waals surface area contributed by atoms with E-state index in [4.69, 9.17) is 0 Å². The van der Waals surface area contributed by atoms with Gasteiger partial charge in [-0.05, 0) is 42.7 Å². The molecule has 180 valence electrons. The van der Waals surface area contributed by atoms with Gasteiger partial charge in [0.25, 0.3) is 11.5 Å². The van der Waals surface area contributed by atoms with E-state index < -0.39 is 48.1 Å². The second-order valence-corrected chi connectivity index (χ2v) is 8.03. The predicted molar refractivity (Wildman–Crippen MR) is 108 cm³/mol. The molecule has 12 heteroatoms. The lowest BCUT2D eigenvalue weighted by Crippen LogP contribution is -2.58. The van der Waals surface area contributed by atoms with Gasteiger partial charge in [0.15, 0.2) is 11.3 Å². The summed E-state index contributed by atoms with van der Waals surface area (Å²) in [6.07, 6.45) is -8.98. The highest BCUT2D eigenvalue weighted by molar-refractivity contribution is 5.95. The molecule has 1 fully saturated rings. The van der Waals surface area contributed by atoms with Gasteiger partial charge in [0.05, 0.1) is 6.54 Å². The number of carbonyl (C=O) groups is 1. The number of aliphatic hydroxyl groups is 1. The lowest BCUT2D eigenvalue weighted by atomic mass is 9.91. The zero-order valence-electron chi connectivity index (χ0n) is 17.3. The number of piperidine rings is 1. The molecule has 3 aromatic rings. The number of hydrogen-bond acceptors (Lipinski definition) is 4. The van der Waals surface area contributed by atoms with Crippen LogP contribution in [0.15, 0.2) is 53.5 Å². The Morgan fingerprint density at radius 2 is 1.74 bits per heavy atom. The van der Waals surface area contributed by atoms with E-state index in [0.29, 0.717) is 11.6 Å². The minimum Gasteiger partial charge on any atom is -0.379 e. The number of alkyl halides is 6. The van der Waals surface area contributed by atoms with Crippen LogP contribution < -0.4 is 5.56 Å². The first-order valence-electron chi connectivity index (χ1n) is 10.1. The molecule has 0 spiro atoms. The quantitative estimate of drug-likeness (QED) is 0.559. The molecule has 0 bridgehead atoms. The lowest BCUT2D eigenvalue weighted by Gasteiger charge is -2.40. The number of rotatable bonds is 2. The summed E-state index contributed by atoms with van der Waals surface area (Å²) in [4.78, 5) is 29.4. The second-order valence-electron chi connectivity index (χ2n) is 8.03. The molecule has 1 saturated heterocycles. The third-order valence-electron chi connectivity index (χ3n) is 5.71. The van der Waals surface area contributed by atoms with E-state index in [2.05, 4.69) is 4.98 Å². The first-order chi connectivity index (χ1) is 15.8. The minimum atomic E-state index is -4.88. The normalized spacial score (nSPS) is 19.4. The van der Waals surface area contributed by atoms with Crippen molar-refractivity contribution in [3.05, 3.63) is 70.3 Å². The molecule has 1 aliphatic rings. The zero-order chi connectivity index (χ0) is 24.9. The molecule has 34 heavy (non-hydrogen) atoms. The first-order valence-corrected chi connectivity index (χ1v) is 10.1. The maximum atomic E-state index is 13.2. The largest absolute Gasteiger partial charge is 0.433 e. The van der Waals surface area contributed by atoms with Crippen molar-refractivity contribution in [1.29, 1.82) is 0 Å². The predicted octanol–water partition coefficient (Wildman–Crippen LogP) is 3.91. The van der Waals surface area contributed by atoms with Gasteiger partial charge in [0.2, 0.25) is 0 Å². The van der Waals surface area contributed by atoms with Crippen LogP contribution in [-0.2, 0) is 6.18 Å². The molecule has 4 rings (SSSR count). The van der Waals surface area contributed by atoms with Crippen molar-refractivity contribution in [2.24, 2.45) is 0 Å². The average molecular weight is 485 g/mol. The number of halogens is 6. The smallest absolute Gasteiger partial charge is 0.379 e. The number of amides is 1. The average Bonchev–Trinajstić information content (AvgIpc) is 2.77. The molecule has 1 N–H and O–H groups in total. The van der Waals surface area contributed by atoms with E-state index in [9.17, 15) is 41.0 Å². The Morgan fingerprint density at radius 3 is 2.35 bits per heavy atom. The number of carbonyl (C=O) groups excluding carboxylic acids is 1. The van der Waals surface area contributed by atoms with Crippen LogP contribution in [0.4, 0.5) is 26.3 Å². The van der Waals surface area contributed by atoms with Crippen molar-refractivity contribution in [2.75, 3.05) is 13.1 Å². The maximum Gasteiger partial charge on any atom is 0.433 e. The fourth-order valence-corrected chi connectivity index (χ4v) is 3.91. The molecular formula is C22H17F6N3O3. The van der Waals surface area contributed by atoms with Crippen LogP contribution in [0.2, 0.25) is 0 Å². The fraction of sp³-hybridized carbons (Fsp3) is 0.318. The van der Waals surface area contributed by atoms with E-state index in [1.165, 1.54) is 42.6 Å². The first kappa shape index (κ1) is 23.7. The lowest BCUT2D eigenvalue weighted by molar-refractivity contribution is -0.271. The van der Waals surface area contributed by atoms with Crippen LogP contribution >= 0.6 is 0 Å². The third-order valence-corrected chi connectivity index (χ3v) is 5.71. The van der Waals surface area contributed by atoms with Gasteiger partial charge < -0.3 is 10.0 Å². The minimum absolute atomic E-state index is 0.0300. The number of hydrogen-bond donors (Lipinski definition) is 1. The topological polar surface area (TPSA) is 74.9 Å². The molecule has 0 radical (unpaired) electrons. The van der Waals surface area contributed by atoms with Crippen molar-refractivity contribution in [1.82, 2.24) is 14.3 Å². The zero-order valence-corrected chi connectivity index (χ0v) is 17.3. The van der Waals surface area contributed by atoms with Crippen LogP contribution in [0, 0.1) is 0 Å². The van der Waals surface area contributed by atoms with Gasteiger partial charge in [-0.1, -0.05) is 12.1 Å². The Balaban J connectivity index is 1.66. The molecule has 1 amide bonds. The highest BCUT2D eigenvalue weighted by Gasteiger charge is 2.56. The number of likely N-dealkylation sites (tertiary alicyclic amines) is 1. The number of fused-ring (bicyclic) bond motifs is 1. The molecule has 1 aliphatic heterocycles. The van der Waals surface area contributed by atoms with E-state index in [1.807, 2.05) is 0 Å². The molecule has 1 unspecified atom stereocenters. The molecule has 1 atom stereocenters. The van der Waals surface area contributed by atoms with Crippen molar-refractivity contribution < 1.29 is 36.2 Å². The van der Waals surface area contributed by atoms with Gasteiger partial charge in [-0.2, -0.15) is 26.3 Å². The number of benzene rings is 1. The Bertz CT molecular complexity index is 1300. The molecule has 2 aromatic heterocycles. The van der Waals surface area contributed by atoms with Crippen LogP contribution in [0.5, 0.6) is 0 Å². The van der Waals surface area contributed by atoms with Crippen LogP contribution in [-0.4, -0.2) is 50.2 Å². The highest BCUT2D eigenvalue weighted by atomic mass is 19.4. The number of β-amino-alcohol motifs (C(OH)–C–C–N with tert-alkyl or cyclic N) is 1. The molecule has 6 nitrogen and oxygen atoms in total. The van der Waals surface area contributed by atoms with Crippen LogP contribution in [0.3, 0.4) is 0 Å². The summed E-state index contributed by atoms with van der Waals surface area (Å²) in [5, 5.41) is 9.94. The van der Waals surface area contributed by atoms with Crippen LogP contribution in [0.1, 0.15) is 28.9 Å². The Hall–Kier alpha value is -3.41. The van der Waals surface area contributed by atoms with E-state index in [-0.39, 0.29) is 29.7 Å². The van der Waals surface area contributed by atoms with Crippen molar-refractivity contribution in [3.63, 3.8) is 0 Å². The number of nitrogens with zero attached hydrogens (tertiary/aromatic N) is 3. The molecule has 3 heterocycles. The number of aromatic nitrogens is 2. The standard InChI is InChI=1S/C22H17F6N3O3/c23-21(24,25)16-11-17(32)31-10-1-3-15(18(31)29-16)13-4-6-14(7-5-13)19(33)30-9-2-8-20(34,12-30)22(26,27)28/h1,3-7,10-11,34H,2,8-9,12H2. The van der Waals surface area contributed by atoms with Crippen LogP contribution in [0.25, 0.3) is 16.8 Å². The van der Waals surface area contributed by atoms with Crippen molar-refractivity contribution in [3.8, 4) is 11.1 Å². The SMILES string of the molecule is O=C(c1ccc(-c2cccn3c(=O)cc(C(F)(F)F)nc23)cc1)N1CCCC(O)(C(F)(F)F)C1. The molecule has 1 aromatic carbocycles.